The van der Waals surface area contributed by atoms with E-state index in [1.54, 1.807) is 45.2 Å². The van der Waals surface area contributed by atoms with E-state index in [1.165, 1.54) is 12.1 Å². The van der Waals surface area contributed by atoms with Crippen molar-refractivity contribution in [2.75, 3.05) is 0 Å². The molecule has 0 saturated heterocycles. The fourth-order valence-corrected chi connectivity index (χ4v) is 10.5. The van der Waals surface area contributed by atoms with E-state index in [0.29, 0.717) is 19.3 Å². The van der Waals surface area contributed by atoms with Gasteiger partial charge in [-0.05, 0) is 101 Å². The summed E-state index contributed by atoms with van der Waals surface area (Å²) >= 11 is 3.27. The Bertz CT molecular complexity index is 1480. The molecule has 2 aromatic rings. The summed E-state index contributed by atoms with van der Waals surface area (Å²) in [5, 5.41) is 0. The van der Waals surface area contributed by atoms with Crippen LogP contribution in [0.5, 0.6) is 5.75 Å². The Morgan fingerprint density at radius 1 is 0.872 bits per heavy atom. The summed E-state index contributed by atoms with van der Waals surface area (Å²) in [7, 11) is -4.78. The lowest BCUT2D eigenvalue weighted by molar-refractivity contribution is -0.190. The monoisotopic (exact) mass is 797 g/mol. The van der Waals surface area contributed by atoms with Gasteiger partial charge in [-0.25, -0.2) is 35.2 Å². The maximum atomic E-state index is 14.3. The third kappa shape index (κ3) is 4.94. The van der Waals surface area contributed by atoms with Crippen LogP contribution in [-0.2, 0) is 19.6 Å². The fourth-order valence-electron chi connectivity index (χ4n) is 6.62. The summed E-state index contributed by atoms with van der Waals surface area (Å²) in [5.41, 5.74) is -4.25. The summed E-state index contributed by atoms with van der Waals surface area (Å²) in [6.45, 7) is 0. The van der Waals surface area contributed by atoms with Gasteiger partial charge in [0.25, 0.3) is 0 Å². The molecule has 39 heavy (non-hydrogen) atoms. The molecule has 0 spiro atoms. The maximum absolute atomic E-state index is 14.3. The number of esters is 2. The summed E-state index contributed by atoms with van der Waals surface area (Å²) in [4.78, 5) is 25.8. The highest BCUT2D eigenvalue weighted by molar-refractivity contribution is 14.1. The number of rotatable bonds is 5. The van der Waals surface area contributed by atoms with Gasteiger partial charge in [0.15, 0.2) is 23.3 Å². The van der Waals surface area contributed by atoms with E-state index in [-0.39, 0.29) is 44.0 Å². The van der Waals surface area contributed by atoms with Gasteiger partial charge in [-0.3, -0.25) is 4.79 Å². The van der Waals surface area contributed by atoms with Crippen molar-refractivity contribution < 1.29 is 54.0 Å². The molecule has 210 valence electrons. The first kappa shape index (κ1) is 28.9. The standard InChI is InChI=1S/C24H17F5I2O7S/c25-15-14(16(26)18(28)19(29)17(15)27)21(32)38-24-6-9-1-10(7-24)5-23(4-9,8-24)22(33)37-11-2-12(30)20(13(31)3-11)39(34,35)36/h2-3,9-10H,1,4-8H2,(H,34,35,36)/p-1. The van der Waals surface area contributed by atoms with Gasteiger partial charge in [0.2, 0.25) is 5.82 Å². The average Bonchev–Trinajstić information content (AvgIpc) is 2.79. The van der Waals surface area contributed by atoms with Gasteiger partial charge in [0.1, 0.15) is 27.0 Å². The van der Waals surface area contributed by atoms with Crippen LogP contribution in [0.25, 0.3) is 0 Å². The average molecular weight is 797 g/mol. The molecule has 0 amide bonds. The zero-order valence-electron chi connectivity index (χ0n) is 19.5. The molecule has 2 atom stereocenters. The number of benzene rings is 2. The SMILES string of the molecule is O=C(OC12CC3CC(C1)CC(C(=O)Oc1cc(I)c(S(=O)(=O)[O-])c(I)c1)(C3)C2)c1c(F)c(F)c(F)c(F)c1F. The molecule has 0 radical (unpaired) electrons. The third-order valence-electron chi connectivity index (χ3n) is 7.60. The lowest BCUT2D eigenvalue weighted by atomic mass is 9.48. The quantitative estimate of drug-likeness (QED) is 0.0738. The molecule has 15 heteroatoms. The Labute approximate surface area is 245 Å². The second-order valence-corrected chi connectivity index (χ2v) is 14.0. The van der Waals surface area contributed by atoms with Crippen LogP contribution < -0.4 is 4.74 Å². The van der Waals surface area contributed by atoms with Crippen LogP contribution in [-0.4, -0.2) is 30.5 Å². The number of hydrogen-bond donors (Lipinski definition) is 0. The van der Waals surface area contributed by atoms with Gasteiger partial charge in [-0.1, -0.05) is 0 Å². The lowest BCUT2D eigenvalue weighted by Crippen LogP contribution is -2.60. The minimum absolute atomic E-state index is 0.00982. The van der Waals surface area contributed by atoms with E-state index in [1.807, 2.05) is 0 Å². The Morgan fingerprint density at radius 2 is 1.36 bits per heavy atom. The first-order valence-electron chi connectivity index (χ1n) is 11.5. The molecular weight excluding hydrogens is 781 g/mol. The summed E-state index contributed by atoms with van der Waals surface area (Å²) in [6.07, 6.45) is 1.82. The van der Waals surface area contributed by atoms with Crippen LogP contribution in [0.15, 0.2) is 17.0 Å². The topological polar surface area (TPSA) is 110 Å². The first-order chi connectivity index (χ1) is 18.1. The highest BCUT2D eigenvalue weighted by Crippen LogP contribution is 2.63. The van der Waals surface area contributed by atoms with E-state index in [4.69, 9.17) is 9.47 Å². The van der Waals surface area contributed by atoms with Gasteiger partial charge < -0.3 is 14.0 Å². The van der Waals surface area contributed by atoms with Crippen LogP contribution in [0.3, 0.4) is 0 Å². The highest BCUT2D eigenvalue weighted by atomic mass is 127. The zero-order chi connectivity index (χ0) is 28.7. The van der Waals surface area contributed by atoms with Crippen LogP contribution in [0.2, 0.25) is 0 Å². The van der Waals surface area contributed by atoms with Crippen LogP contribution >= 0.6 is 45.2 Å². The van der Waals surface area contributed by atoms with Gasteiger partial charge >= 0.3 is 11.9 Å². The molecule has 0 aliphatic heterocycles. The summed E-state index contributed by atoms with van der Waals surface area (Å²) < 4.78 is 115. The van der Waals surface area contributed by atoms with Crippen molar-refractivity contribution in [1.29, 1.82) is 0 Å². The summed E-state index contributed by atoms with van der Waals surface area (Å²) in [6, 6.07) is 2.45. The van der Waals surface area contributed by atoms with Gasteiger partial charge in [-0.15, -0.1) is 0 Å². The normalized spacial score (nSPS) is 27.5. The molecule has 2 aromatic carbocycles. The predicted molar refractivity (Wildman–Crippen MR) is 137 cm³/mol. The molecule has 2 unspecified atom stereocenters. The smallest absolute Gasteiger partial charge is 0.344 e. The van der Waals surface area contributed by atoms with E-state index in [9.17, 15) is 44.5 Å². The first-order valence-corrected chi connectivity index (χ1v) is 15.0. The largest absolute Gasteiger partial charge is 0.744 e. The molecule has 6 rings (SSSR count). The minimum atomic E-state index is -4.78. The third-order valence-corrected chi connectivity index (χ3v) is 11.0. The zero-order valence-corrected chi connectivity index (χ0v) is 24.6. The summed E-state index contributed by atoms with van der Waals surface area (Å²) in [5.74, 6) is -14.2. The Morgan fingerprint density at radius 3 is 1.85 bits per heavy atom. The molecule has 4 bridgehead atoms. The van der Waals surface area contributed by atoms with Crippen molar-refractivity contribution >= 4 is 67.2 Å². The molecule has 7 nitrogen and oxygen atoms in total. The van der Waals surface area contributed by atoms with Crippen molar-refractivity contribution in [2.24, 2.45) is 17.3 Å². The molecule has 0 N–H and O–H groups in total. The molecule has 0 heterocycles. The minimum Gasteiger partial charge on any atom is -0.744 e. The molecule has 4 aliphatic carbocycles. The number of halogens is 7. The van der Waals surface area contributed by atoms with Crippen molar-refractivity contribution in [1.82, 2.24) is 0 Å². The van der Waals surface area contributed by atoms with E-state index in [2.05, 4.69) is 0 Å². The van der Waals surface area contributed by atoms with Gasteiger partial charge in [-0.2, -0.15) is 0 Å². The second-order valence-electron chi connectivity index (χ2n) is 10.3. The van der Waals surface area contributed by atoms with E-state index >= 15 is 0 Å². The maximum Gasteiger partial charge on any atom is 0.344 e. The Kier molecular flexibility index (Phi) is 7.23. The Hall–Kier alpha value is -1.60. The lowest BCUT2D eigenvalue weighted by Gasteiger charge is -2.59. The van der Waals surface area contributed by atoms with Crippen molar-refractivity contribution in [2.45, 2.75) is 49.0 Å². The molecule has 0 aromatic heterocycles. The number of carbonyl (C=O) groups excluding carboxylic acids is 2. The second kappa shape index (κ2) is 9.75. The van der Waals surface area contributed by atoms with Crippen LogP contribution in [0.1, 0.15) is 48.9 Å². The van der Waals surface area contributed by atoms with E-state index in [0.717, 1.165) is 0 Å². The van der Waals surface area contributed by atoms with Crippen molar-refractivity contribution in [3.63, 3.8) is 0 Å². The Balaban J connectivity index is 1.43. The van der Waals surface area contributed by atoms with Crippen LogP contribution in [0, 0.1) is 53.5 Å². The number of carbonyl (C=O) groups is 2. The van der Waals surface area contributed by atoms with Crippen molar-refractivity contribution in [3.05, 3.63) is 53.9 Å². The molecule has 4 aliphatic rings. The van der Waals surface area contributed by atoms with E-state index < -0.39 is 72.6 Å². The number of ether oxygens (including phenoxy) is 2. The van der Waals surface area contributed by atoms with Crippen molar-refractivity contribution in [3.8, 4) is 5.75 Å². The molecule has 4 saturated carbocycles. The van der Waals surface area contributed by atoms with Crippen LogP contribution in [0.4, 0.5) is 22.0 Å². The molecule has 4 fully saturated rings. The number of hydrogen-bond acceptors (Lipinski definition) is 7. The highest BCUT2D eigenvalue weighted by Gasteiger charge is 2.63. The van der Waals surface area contributed by atoms with Gasteiger partial charge in [0.05, 0.1) is 10.3 Å². The molecular formula is C24H16F5I2O7S-. The predicted octanol–water partition coefficient (Wildman–Crippen LogP) is 5.60. The fraction of sp³-hybridized carbons (Fsp3) is 0.417. The van der Waals surface area contributed by atoms with Gasteiger partial charge in [0, 0.05) is 13.6 Å².